The molecule has 0 aromatic heterocycles. The Labute approximate surface area is 104 Å². The second-order valence-electron chi connectivity index (χ2n) is 4.63. The van der Waals surface area contributed by atoms with Gasteiger partial charge < -0.3 is 5.73 Å². The van der Waals surface area contributed by atoms with Gasteiger partial charge in [-0.25, -0.2) is 4.39 Å². The Hall–Kier alpha value is -0.410. The Morgan fingerprint density at radius 3 is 2.81 bits per heavy atom. The maximum atomic E-state index is 13.6. The zero-order valence-corrected chi connectivity index (χ0v) is 10.8. The van der Waals surface area contributed by atoms with Gasteiger partial charge in [0.15, 0.2) is 0 Å². The van der Waals surface area contributed by atoms with E-state index in [1.165, 1.54) is 25.3 Å². The third-order valence-corrected chi connectivity index (χ3v) is 4.10. The van der Waals surface area contributed by atoms with E-state index in [-0.39, 0.29) is 5.82 Å². The van der Waals surface area contributed by atoms with Gasteiger partial charge in [0, 0.05) is 4.47 Å². The molecule has 2 unspecified atom stereocenters. The van der Waals surface area contributed by atoms with E-state index >= 15 is 0 Å². The van der Waals surface area contributed by atoms with Crippen LogP contribution in [0.4, 0.5) is 4.39 Å². The minimum absolute atomic E-state index is 0.0918. The van der Waals surface area contributed by atoms with Crippen molar-refractivity contribution in [3.05, 3.63) is 34.1 Å². The molecule has 3 heteroatoms. The number of hydrogen-bond acceptors (Lipinski definition) is 1. The zero-order chi connectivity index (χ0) is 11.5. The average molecular weight is 286 g/mol. The number of hydrogen-bond donors (Lipinski definition) is 1. The number of nitrogens with two attached hydrogens (primary N) is 1. The molecule has 0 heterocycles. The van der Waals surface area contributed by atoms with E-state index in [0.29, 0.717) is 11.8 Å². The first kappa shape index (κ1) is 12.1. The molecule has 1 fully saturated rings. The van der Waals surface area contributed by atoms with Gasteiger partial charge in [0.1, 0.15) is 5.82 Å². The van der Waals surface area contributed by atoms with Gasteiger partial charge in [-0.3, -0.25) is 0 Å². The maximum absolute atomic E-state index is 13.6. The van der Waals surface area contributed by atoms with Crippen molar-refractivity contribution >= 4 is 15.9 Å². The van der Waals surface area contributed by atoms with Crippen LogP contribution in [-0.2, 0) is 6.42 Å². The van der Waals surface area contributed by atoms with Crippen LogP contribution >= 0.6 is 15.9 Å². The topological polar surface area (TPSA) is 26.0 Å². The lowest BCUT2D eigenvalue weighted by atomic mass is 9.89. The van der Waals surface area contributed by atoms with Crippen molar-refractivity contribution in [3.63, 3.8) is 0 Å². The molecule has 2 N–H and O–H groups in total. The molecule has 1 aromatic carbocycles. The standard InChI is InChI=1S/C13H17BrFN/c14-12-4-5-13(15)11(7-12)6-9-2-1-3-10(9)8-16/h4-5,7,9-10H,1-3,6,8,16H2. The normalized spacial score (nSPS) is 24.9. The van der Waals surface area contributed by atoms with Crippen molar-refractivity contribution in [1.29, 1.82) is 0 Å². The van der Waals surface area contributed by atoms with Crippen molar-refractivity contribution in [1.82, 2.24) is 0 Å². The van der Waals surface area contributed by atoms with Crippen LogP contribution in [0.2, 0.25) is 0 Å². The van der Waals surface area contributed by atoms with Crippen LogP contribution in [-0.4, -0.2) is 6.54 Å². The van der Waals surface area contributed by atoms with Crippen molar-refractivity contribution in [2.24, 2.45) is 17.6 Å². The highest BCUT2D eigenvalue weighted by molar-refractivity contribution is 9.10. The van der Waals surface area contributed by atoms with Gasteiger partial charge in [-0.2, -0.15) is 0 Å². The van der Waals surface area contributed by atoms with Crippen LogP contribution in [0, 0.1) is 17.7 Å². The Morgan fingerprint density at radius 2 is 2.06 bits per heavy atom. The summed E-state index contributed by atoms with van der Waals surface area (Å²) in [6.45, 7) is 0.736. The van der Waals surface area contributed by atoms with Crippen molar-refractivity contribution in [2.75, 3.05) is 6.54 Å². The van der Waals surface area contributed by atoms with Crippen molar-refractivity contribution in [2.45, 2.75) is 25.7 Å². The van der Waals surface area contributed by atoms with Gasteiger partial charge in [-0.1, -0.05) is 22.4 Å². The first-order valence-electron chi connectivity index (χ1n) is 5.84. The summed E-state index contributed by atoms with van der Waals surface area (Å²) in [6.07, 6.45) is 4.46. The fraction of sp³-hybridized carbons (Fsp3) is 0.538. The maximum Gasteiger partial charge on any atom is 0.126 e. The third kappa shape index (κ3) is 2.64. The molecule has 0 aliphatic heterocycles. The molecular formula is C13H17BrFN. The third-order valence-electron chi connectivity index (χ3n) is 3.61. The molecule has 0 spiro atoms. The number of benzene rings is 1. The van der Waals surface area contributed by atoms with Crippen molar-refractivity contribution in [3.8, 4) is 0 Å². The fourth-order valence-corrected chi connectivity index (χ4v) is 3.08. The minimum atomic E-state index is -0.0918. The van der Waals surface area contributed by atoms with Crippen LogP contribution in [0.1, 0.15) is 24.8 Å². The molecule has 0 saturated heterocycles. The highest BCUT2D eigenvalue weighted by Gasteiger charge is 2.26. The van der Waals surface area contributed by atoms with Crippen LogP contribution in [0.15, 0.2) is 22.7 Å². The van der Waals surface area contributed by atoms with Gasteiger partial charge in [-0.15, -0.1) is 0 Å². The number of rotatable bonds is 3. The minimum Gasteiger partial charge on any atom is -0.330 e. The first-order chi connectivity index (χ1) is 7.70. The molecule has 1 aliphatic carbocycles. The van der Waals surface area contributed by atoms with Gasteiger partial charge in [0.05, 0.1) is 0 Å². The van der Waals surface area contributed by atoms with Crippen LogP contribution in [0.5, 0.6) is 0 Å². The highest BCUT2D eigenvalue weighted by atomic mass is 79.9. The lowest BCUT2D eigenvalue weighted by Gasteiger charge is -2.18. The molecule has 16 heavy (non-hydrogen) atoms. The monoisotopic (exact) mass is 285 g/mol. The summed E-state index contributed by atoms with van der Waals surface area (Å²) in [5.74, 6) is 1.05. The van der Waals surface area contributed by atoms with Crippen molar-refractivity contribution < 1.29 is 4.39 Å². The van der Waals surface area contributed by atoms with E-state index in [1.807, 2.05) is 6.07 Å². The molecule has 2 rings (SSSR count). The Kier molecular flexibility index (Phi) is 3.98. The Morgan fingerprint density at radius 1 is 1.31 bits per heavy atom. The average Bonchev–Trinajstić information content (AvgIpc) is 2.71. The van der Waals surface area contributed by atoms with Crippen LogP contribution < -0.4 is 5.73 Å². The van der Waals surface area contributed by atoms with E-state index in [1.54, 1.807) is 6.07 Å². The Bertz CT molecular complexity index is 367. The lowest BCUT2D eigenvalue weighted by Crippen LogP contribution is -2.20. The lowest BCUT2D eigenvalue weighted by molar-refractivity contribution is 0.389. The quantitative estimate of drug-likeness (QED) is 0.904. The molecule has 2 atom stereocenters. The van der Waals surface area contributed by atoms with Gasteiger partial charge >= 0.3 is 0 Å². The molecule has 88 valence electrons. The van der Waals surface area contributed by atoms with Gasteiger partial charge in [0.25, 0.3) is 0 Å². The molecule has 1 aliphatic rings. The van der Waals surface area contributed by atoms with Gasteiger partial charge in [0.2, 0.25) is 0 Å². The molecule has 0 amide bonds. The van der Waals surface area contributed by atoms with Gasteiger partial charge in [-0.05, 0) is 61.4 Å². The summed E-state index contributed by atoms with van der Waals surface area (Å²) in [5, 5.41) is 0. The SMILES string of the molecule is NCC1CCCC1Cc1cc(Br)ccc1F. The second-order valence-corrected chi connectivity index (χ2v) is 5.54. The van der Waals surface area contributed by atoms with E-state index in [9.17, 15) is 4.39 Å². The largest absolute Gasteiger partial charge is 0.330 e. The smallest absolute Gasteiger partial charge is 0.126 e. The Balaban J connectivity index is 2.11. The molecule has 1 aromatic rings. The molecular weight excluding hydrogens is 269 g/mol. The van der Waals surface area contributed by atoms with Crippen LogP contribution in [0.25, 0.3) is 0 Å². The summed E-state index contributed by atoms with van der Waals surface area (Å²) in [7, 11) is 0. The number of halogens is 2. The fourth-order valence-electron chi connectivity index (χ4n) is 2.67. The summed E-state index contributed by atoms with van der Waals surface area (Å²) >= 11 is 3.39. The highest BCUT2D eigenvalue weighted by Crippen LogP contribution is 2.34. The second kappa shape index (κ2) is 5.28. The molecule has 1 saturated carbocycles. The summed E-state index contributed by atoms with van der Waals surface area (Å²) in [4.78, 5) is 0. The van der Waals surface area contributed by atoms with E-state index in [4.69, 9.17) is 5.73 Å². The summed E-state index contributed by atoms with van der Waals surface area (Å²) in [5.41, 5.74) is 6.56. The molecule has 1 nitrogen and oxygen atoms in total. The predicted octanol–water partition coefficient (Wildman–Crippen LogP) is 3.51. The predicted molar refractivity (Wildman–Crippen MR) is 67.7 cm³/mol. The summed E-state index contributed by atoms with van der Waals surface area (Å²) < 4.78 is 14.6. The first-order valence-corrected chi connectivity index (χ1v) is 6.64. The molecule has 0 radical (unpaired) electrons. The molecule has 0 bridgehead atoms. The summed E-state index contributed by atoms with van der Waals surface area (Å²) in [6, 6.07) is 5.17. The van der Waals surface area contributed by atoms with E-state index < -0.39 is 0 Å². The van der Waals surface area contributed by atoms with Crippen LogP contribution in [0.3, 0.4) is 0 Å². The van der Waals surface area contributed by atoms with E-state index in [2.05, 4.69) is 15.9 Å². The van der Waals surface area contributed by atoms with E-state index in [0.717, 1.165) is 23.0 Å². The zero-order valence-electron chi connectivity index (χ0n) is 9.26.